The summed E-state index contributed by atoms with van der Waals surface area (Å²) in [6.45, 7) is 2.65. The molecule has 4 rings (SSSR count). The van der Waals surface area contributed by atoms with Gasteiger partial charge in [0.15, 0.2) is 11.5 Å². The van der Waals surface area contributed by atoms with Crippen LogP contribution >= 0.6 is 0 Å². The average Bonchev–Trinajstić information content (AvgIpc) is 3.45. The maximum Gasteiger partial charge on any atom is 0.309 e. The summed E-state index contributed by atoms with van der Waals surface area (Å²) in [6, 6.07) is 11.5. The van der Waals surface area contributed by atoms with Gasteiger partial charge < -0.3 is 20.1 Å². The fraction of sp³-hybridized carbons (Fsp3) is 0.364. The summed E-state index contributed by atoms with van der Waals surface area (Å²) >= 11 is 0. The van der Waals surface area contributed by atoms with E-state index in [1.165, 1.54) is 4.31 Å². The molecule has 2 aliphatic heterocycles. The number of ether oxygens (including phenoxy) is 2. The van der Waals surface area contributed by atoms with E-state index in [-0.39, 0.29) is 24.8 Å². The number of nitrogens with one attached hydrogen (secondary N) is 2. The lowest BCUT2D eigenvalue weighted by Crippen LogP contribution is -2.46. The molecule has 170 valence electrons. The Morgan fingerprint density at radius 3 is 2.53 bits per heavy atom. The highest BCUT2D eigenvalue weighted by molar-refractivity contribution is 7.89. The summed E-state index contributed by atoms with van der Waals surface area (Å²) in [5, 5.41) is 5.12. The van der Waals surface area contributed by atoms with E-state index in [1.807, 2.05) is 6.92 Å². The van der Waals surface area contributed by atoms with Crippen molar-refractivity contribution in [2.24, 2.45) is 0 Å². The minimum Gasteiger partial charge on any atom is -0.454 e. The lowest BCUT2D eigenvalue weighted by Gasteiger charge is -2.24. The van der Waals surface area contributed by atoms with E-state index in [4.69, 9.17) is 9.47 Å². The van der Waals surface area contributed by atoms with Gasteiger partial charge in [-0.1, -0.05) is 23.8 Å². The molecule has 2 aromatic rings. The molecule has 0 spiro atoms. The van der Waals surface area contributed by atoms with Crippen molar-refractivity contribution in [3.8, 4) is 11.5 Å². The van der Waals surface area contributed by atoms with Crippen LogP contribution in [0, 0.1) is 6.92 Å². The van der Waals surface area contributed by atoms with Crippen molar-refractivity contribution >= 4 is 21.8 Å². The summed E-state index contributed by atoms with van der Waals surface area (Å²) in [4.78, 5) is 24.6. The number of fused-ring (bicyclic) bond motifs is 1. The van der Waals surface area contributed by atoms with Crippen molar-refractivity contribution in [2.45, 2.75) is 37.2 Å². The summed E-state index contributed by atoms with van der Waals surface area (Å²) < 4.78 is 37.9. The second-order valence-electron chi connectivity index (χ2n) is 7.81. The molecule has 2 aromatic carbocycles. The van der Waals surface area contributed by atoms with Gasteiger partial charge in [-0.05, 0) is 49.6 Å². The zero-order valence-electron chi connectivity index (χ0n) is 17.7. The van der Waals surface area contributed by atoms with Gasteiger partial charge in [0.25, 0.3) is 0 Å². The zero-order valence-corrected chi connectivity index (χ0v) is 18.5. The molecule has 9 nitrogen and oxygen atoms in total. The Hall–Kier alpha value is -3.11. The van der Waals surface area contributed by atoms with Crippen LogP contribution in [0.2, 0.25) is 0 Å². The van der Waals surface area contributed by atoms with Crippen molar-refractivity contribution in [3.05, 3.63) is 53.6 Å². The van der Waals surface area contributed by atoms with Crippen molar-refractivity contribution in [2.75, 3.05) is 19.9 Å². The second-order valence-corrected chi connectivity index (χ2v) is 9.70. The van der Waals surface area contributed by atoms with Crippen LogP contribution in [0.15, 0.2) is 47.4 Å². The molecule has 0 bridgehead atoms. The van der Waals surface area contributed by atoms with Gasteiger partial charge in [0.1, 0.15) is 0 Å². The van der Waals surface area contributed by atoms with Crippen LogP contribution in [0.3, 0.4) is 0 Å². The van der Waals surface area contributed by atoms with E-state index >= 15 is 0 Å². The molecule has 0 aliphatic carbocycles. The number of hydrogen-bond acceptors (Lipinski definition) is 6. The fourth-order valence-electron chi connectivity index (χ4n) is 3.78. The third kappa shape index (κ3) is 4.71. The summed E-state index contributed by atoms with van der Waals surface area (Å²) in [5.74, 6) is -0.351. The van der Waals surface area contributed by atoms with Crippen molar-refractivity contribution in [3.63, 3.8) is 0 Å². The molecule has 0 saturated carbocycles. The summed E-state index contributed by atoms with van der Waals surface area (Å²) in [5.41, 5.74) is 1.74. The largest absolute Gasteiger partial charge is 0.454 e. The van der Waals surface area contributed by atoms with E-state index in [0.29, 0.717) is 30.9 Å². The average molecular weight is 460 g/mol. The standard InChI is InChI=1S/C22H25N3O6S/c1-15-4-7-18(8-5-15)32(28,29)25-10-2-3-17(25)13-24-22(27)21(26)23-12-16-6-9-19-20(11-16)31-14-30-19/h4-9,11,17H,2-3,10,12-14H2,1H3,(H,23,26)(H,24,27). The molecule has 2 heterocycles. The third-order valence-corrected chi connectivity index (χ3v) is 7.51. The Morgan fingerprint density at radius 1 is 1.03 bits per heavy atom. The van der Waals surface area contributed by atoms with Crippen LogP contribution < -0.4 is 20.1 Å². The predicted molar refractivity (Wildman–Crippen MR) is 116 cm³/mol. The van der Waals surface area contributed by atoms with Crippen LogP contribution in [-0.4, -0.2) is 50.5 Å². The quantitative estimate of drug-likeness (QED) is 0.630. The number of hydrogen-bond donors (Lipinski definition) is 2. The molecular formula is C22H25N3O6S. The van der Waals surface area contributed by atoms with Crippen LogP contribution in [0.25, 0.3) is 0 Å². The van der Waals surface area contributed by atoms with Crippen molar-refractivity contribution < 1.29 is 27.5 Å². The number of rotatable bonds is 6. The van der Waals surface area contributed by atoms with Gasteiger partial charge in [0, 0.05) is 25.7 Å². The third-order valence-electron chi connectivity index (χ3n) is 5.55. The number of amides is 2. The van der Waals surface area contributed by atoms with E-state index < -0.39 is 27.9 Å². The lowest BCUT2D eigenvalue weighted by molar-refractivity contribution is -0.139. The van der Waals surface area contributed by atoms with Crippen LogP contribution in [0.4, 0.5) is 0 Å². The Bertz CT molecular complexity index is 1120. The minimum absolute atomic E-state index is 0.0708. The molecule has 10 heteroatoms. The van der Waals surface area contributed by atoms with E-state index in [0.717, 1.165) is 11.1 Å². The Morgan fingerprint density at radius 2 is 1.75 bits per heavy atom. The van der Waals surface area contributed by atoms with Gasteiger partial charge in [0.2, 0.25) is 16.8 Å². The number of benzene rings is 2. The number of aryl methyl sites for hydroxylation is 1. The fourth-order valence-corrected chi connectivity index (χ4v) is 5.47. The monoisotopic (exact) mass is 459 g/mol. The molecular weight excluding hydrogens is 434 g/mol. The Kier molecular flexibility index (Phi) is 6.33. The molecule has 0 radical (unpaired) electrons. The van der Waals surface area contributed by atoms with Gasteiger partial charge in [-0.15, -0.1) is 0 Å². The maximum atomic E-state index is 13.0. The Labute approximate surface area is 186 Å². The smallest absolute Gasteiger partial charge is 0.309 e. The normalized spacial score (nSPS) is 17.8. The first-order valence-corrected chi connectivity index (χ1v) is 11.8. The summed E-state index contributed by atoms with van der Waals surface area (Å²) in [7, 11) is -3.66. The number of sulfonamides is 1. The van der Waals surface area contributed by atoms with Gasteiger partial charge in [-0.2, -0.15) is 4.31 Å². The van der Waals surface area contributed by atoms with Gasteiger partial charge in [0.05, 0.1) is 4.90 Å². The second kappa shape index (κ2) is 9.17. The van der Waals surface area contributed by atoms with E-state index in [9.17, 15) is 18.0 Å². The molecule has 1 saturated heterocycles. The summed E-state index contributed by atoms with van der Waals surface area (Å²) in [6.07, 6.45) is 1.31. The lowest BCUT2D eigenvalue weighted by atomic mass is 10.2. The molecule has 0 aromatic heterocycles. The number of carbonyl (C=O) groups excluding carboxylic acids is 2. The van der Waals surface area contributed by atoms with Gasteiger partial charge in [-0.3, -0.25) is 9.59 Å². The van der Waals surface area contributed by atoms with Gasteiger partial charge in [-0.25, -0.2) is 8.42 Å². The molecule has 1 atom stereocenters. The number of nitrogens with zero attached hydrogens (tertiary/aromatic N) is 1. The first kappa shape index (κ1) is 22.1. The maximum absolute atomic E-state index is 13.0. The predicted octanol–water partition coefficient (Wildman–Crippen LogP) is 1.31. The molecule has 32 heavy (non-hydrogen) atoms. The van der Waals surface area contributed by atoms with Crippen molar-refractivity contribution in [1.29, 1.82) is 0 Å². The van der Waals surface area contributed by atoms with E-state index in [2.05, 4.69) is 10.6 Å². The molecule has 2 N–H and O–H groups in total. The zero-order chi connectivity index (χ0) is 22.7. The molecule has 2 aliphatic rings. The topological polar surface area (TPSA) is 114 Å². The van der Waals surface area contributed by atoms with Crippen LogP contribution in [0.5, 0.6) is 11.5 Å². The van der Waals surface area contributed by atoms with E-state index in [1.54, 1.807) is 42.5 Å². The highest BCUT2D eigenvalue weighted by atomic mass is 32.2. The highest BCUT2D eigenvalue weighted by Gasteiger charge is 2.35. The SMILES string of the molecule is Cc1ccc(S(=O)(=O)N2CCCC2CNC(=O)C(=O)NCc2ccc3c(c2)OCO3)cc1. The first-order valence-electron chi connectivity index (χ1n) is 10.4. The van der Waals surface area contributed by atoms with Gasteiger partial charge >= 0.3 is 11.8 Å². The first-order chi connectivity index (χ1) is 15.3. The Balaban J connectivity index is 1.30. The molecule has 1 fully saturated rings. The molecule has 1 unspecified atom stereocenters. The highest BCUT2D eigenvalue weighted by Crippen LogP contribution is 2.32. The minimum atomic E-state index is -3.66. The van der Waals surface area contributed by atoms with Crippen LogP contribution in [0.1, 0.15) is 24.0 Å². The van der Waals surface area contributed by atoms with Crippen molar-refractivity contribution in [1.82, 2.24) is 14.9 Å². The van der Waals surface area contributed by atoms with Crippen LogP contribution in [-0.2, 0) is 26.2 Å². The number of carbonyl (C=O) groups is 2. The molecule has 2 amide bonds.